The largest absolute Gasteiger partial charge is 0.498 e. The van der Waals surface area contributed by atoms with Crippen LogP contribution in [0.25, 0.3) is 0 Å². The molecule has 0 saturated carbocycles. The maximum atomic E-state index is 9.20. The normalized spacial score (nSPS) is 25.6. The van der Waals surface area contributed by atoms with Crippen molar-refractivity contribution in [2.24, 2.45) is 0 Å². The van der Waals surface area contributed by atoms with E-state index >= 15 is 0 Å². The molecule has 2 aliphatic heterocycles. The van der Waals surface area contributed by atoms with Gasteiger partial charge in [-0.15, -0.1) is 0 Å². The van der Waals surface area contributed by atoms with Crippen LogP contribution in [-0.2, 0) is 9.31 Å². The fraction of sp³-hybridized carbons (Fsp3) is 0.455. The minimum Gasteiger partial charge on any atom is -0.491 e. The average molecular weight is 269 g/mol. The molecule has 0 aromatic heterocycles. The fourth-order valence-electron chi connectivity index (χ4n) is 2.33. The first-order valence-electron chi connectivity index (χ1n) is 5.84. The van der Waals surface area contributed by atoms with Crippen LogP contribution in [0.3, 0.4) is 0 Å². The van der Waals surface area contributed by atoms with Gasteiger partial charge in [0.25, 0.3) is 0 Å². The van der Waals surface area contributed by atoms with Gasteiger partial charge in [0.05, 0.1) is 12.7 Å². The van der Waals surface area contributed by atoms with Crippen molar-refractivity contribution >= 4 is 24.4 Å². The van der Waals surface area contributed by atoms with Gasteiger partial charge in [-0.05, 0) is 23.4 Å². The quantitative estimate of drug-likeness (QED) is 0.596. The van der Waals surface area contributed by atoms with Crippen molar-refractivity contribution in [2.45, 2.75) is 12.2 Å². The number of aliphatic hydroxyl groups excluding tert-OH is 1. The van der Waals surface area contributed by atoms with E-state index in [0.717, 1.165) is 16.8 Å². The lowest BCUT2D eigenvalue weighted by Crippen LogP contribution is -2.36. The van der Waals surface area contributed by atoms with Gasteiger partial charge in [-0.1, -0.05) is 12.1 Å². The zero-order valence-electron chi connectivity index (χ0n) is 9.64. The molecular formula is C11H13BClNO4. The summed E-state index contributed by atoms with van der Waals surface area (Å²) in [6, 6.07) is 5.78. The fourth-order valence-corrected chi connectivity index (χ4v) is 2.47. The van der Waals surface area contributed by atoms with Gasteiger partial charge in [0.15, 0.2) is 0 Å². The topological polar surface area (TPSA) is 60.0 Å². The zero-order chi connectivity index (χ0) is 12.5. The van der Waals surface area contributed by atoms with E-state index in [1.807, 2.05) is 18.2 Å². The summed E-state index contributed by atoms with van der Waals surface area (Å²) < 4.78 is 17.2. The summed E-state index contributed by atoms with van der Waals surface area (Å²) in [5, 5.41) is 9.20. The Morgan fingerprint density at radius 2 is 2.33 bits per heavy atom. The van der Waals surface area contributed by atoms with Crippen molar-refractivity contribution in [1.29, 1.82) is 0 Å². The minimum absolute atomic E-state index is 0.0956. The van der Waals surface area contributed by atoms with Gasteiger partial charge in [0.2, 0.25) is 0 Å². The van der Waals surface area contributed by atoms with Crippen LogP contribution in [0.5, 0.6) is 5.75 Å². The third-order valence-corrected chi connectivity index (χ3v) is 3.33. The molecule has 3 rings (SSSR count). The summed E-state index contributed by atoms with van der Waals surface area (Å²) >= 11 is 5.54. The lowest BCUT2D eigenvalue weighted by atomic mass is 9.77. The van der Waals surface area contributed by atoms with E-state index in [0.29, 0.717) is 13.2 Å². The van der Waals surface area contributed by atoms with E-state index in [2.05, 4.69) is 4.84 Å². The third-order valence-electron chi connectivity index (χ3n) is 3.18. The Morgan fingerprint density at radius 1 is 1.44 bits per heavy atom. The van der Waals surface area contributed by atoms with Crippen LogP contribution in [0.4, 0.5) is 0 Å². The third kappa shape index (κ3) is 2.00. The molecule has 2 unspecified atom stereocenters. The predicted molar refractivity (Wildman–Crippen MR) is 67.0 cm³/mol. The summed E-state index contributed by atoms with van der Waals surface area (Å²) in [7, 11) is -0.495. The minimum atomic E-state index is -0.495. The van der Waals surface area contributed by atoms with Crippen molar-refractivity contribution in [2.75, 3.05) is 19.8 Å². The molecule has 0 fully saturated rings. The van der Waals surface area contributed by atoms with Crippen molar-refractivity contribution in [3.8, 4) is 5.75 Å². The summed E-state index contributed by atoms with van der Waals surface area (Å²) in [5.74, 6) is 0.755. The molecule has 0 saturated heterocycles. The molecule has 2 N–H and O–H groups in total. The lowest BCUT2D eigenvalue weighted by Gasteiger charge is -2.17. The second-order valence-corrected chi connectivity index (χ2v) is 4.57. The number of ether oxygens (including phenoxy) is 1. The van der Waals surface area contributed by atoms with Crippen LogP contribution in [0.2, 0.25) is 0 Å². The summed E-state index contributed by atoms with van der Waals surface area (Å²) in [6.07, 6.45) is -0.540. The Balaban J connectivity index is 1.97. The van der Waals surface area contributed by atoms with Crippen molar-refractivity contribution < 1.29 is 19.2 Å². The molecule has 2 atom stereocenters. The monoisotopic (exact) mass is 269 g/mol. The van der Waals surface area contributed by atoms with Crippen molar-refractivity contribution in [3.63, 3.8) is 0 Å². The highest BCUT2D eigenvalue weighted by Gasteiger charge is 2.43. The van der Waals surface area contributed by atoms with Gasteiger partial charge in [-0.2, -0.15) is 0 Å². The number of halogens is 1. The SMILES string of the molecule is OCC1COc2cccc3c2B(O1)OC3CNCl. The summed E-state index contributed by atoms with van der Waals surface area (Å²) in [5.41, 5.74) is 1.93. The van der Waals surface area contributed by atoms with E-state index in [9.17, 15) is 5.11 Å². The van der Waals surface area contributed by atoms with Gasteiger partial charge in [0.1, 0.15) is 18.5 Å². The Hall–Kier alpha value is -0.785. The van der Waals surface area contributed by atoms with Gasteiger partial charge in [-0.25, -0.2) is 4.84 Å². The molecule has 0 amide bonds. The van der Waals surface area contributed by atoms with Gasteiger partial charge in [-0.3, -0.25) is 0 Å². The highest BCUT2D eigenvalue weighted by atomic mass is 35.5. The Morgan fingerprint density at radius 3 is 3.11 bits per heavy atom. The number of benzene rings is 1. The molecule has 1 aromatic carbocycles. The number of nitrogens with one attached hydrogen (secondary N) is 1. The van der Waals surface area contributed by atoms with Crippen LogP contribution in [-0.4, -0.2) is 38.1 Å². The molecule has 7 heteroatoms. The van der Waals surface area contributed by atoms with Gasteiger partial charge < -0.3 is 19.2 Å². The first kappa shape index (κ1) is 12.3. The smallest absolute Gasteiger partial charge is 0.491 e. The summed E-state index contributed by atoms with van der Waals surface area (Å²) in [4.78, 5) is 2.58. The second-order valence-electron chi connectivity index (χ2n) is 4.31. The first-order chi connectivity index (χ1) is 8.83. The number of aliphatic hydroxyl groups is 1. The molecule has 96 valence electrons. The van der Waals surface area contributed by atoms with E-state index in [1.165, 1.54) is 0 Å². The first-order valence-corrected chi connectivity index (χ1v) is 6.22. The van der Waals surface area contributed by atoms with E-state index in [-0.39, 0.29) is 18.8 Å². The van der Waals surface area contributed by atoms with E-state index < -0.39 is 7.12 Å². The Kier molecular flexibility index (Phi) is 3.45. The molecule has 5 nitrogen and oxygen atoms in total. The van der Waals surface area contributed by atoms with Gasteiger partial charge in [0, 0.05) is 12.0 Å². The van der Waals surface area contributed by atoms with Crippen LogP contribution < -0.4 is 15.0 Å². The molecule has 18 heavy (non-hydrogen) atoms. The van der Waals surface area contributed by atoms with Crippen molar-refractivity contribution in [1.82, 2.24) is 4.84 Å². The molecule has 0 spiro atoms. The predicted octanol–water partition coefficient (Wildman–Crippen LogP) is -0.0336. The van der Waals surface area contributed by atoms with Crippen molar-refractivity contribution in [3.05, 3.63) is 23.8 Å². The molecule has 2 aliphatic rings. The van der Waals surface area contributed by atoms with Crippen LogP contribution in [0.15, 0.2) is 18.2 Å². The van der Waals surface area contributed by atoms with Crippen LogP contribution >= 0.6 is 11.8 Å². The number of hydrogen-bond donors (Lipinski definition) is 2. The van der Waals surface area contributed by atoms with Crippen LogP contribution in [0, 0.1) is 0 Å². The second kappa shape index (κ2) is 5.07. The molecule has 0 aliphatic carbocycles. The Labute approximate surface area is 110 Å². The highest BCUT2D eigenvalue weighted by molar-refractivity contribution is 6.64. The van der Waals surface area contributed by atoms with E-state index in [1.54, 1.807) is 0 Å². The average Bonchev–Trinajstić information content (AvgIpc) is 2.63. The molecular weight excluding hydrogens is 256 g/mol. The number of rotatable bonds is 3. The maximum absolute atomic E-state index is 9.20. The standard InChI is InChI=1S/C11H13BClNO4/c13-14-4-10-8-2-1-3-9-11(8)12(18-10)17-7(5-15)6-16-9/h1-3,7,10,14-15H,4-6H2. The van der Waals surface area contributed by atoms with Gasteiger partial charge >= 0.3 is 7.12 Å². The van der Waals surface area contributed by atoms with Crippen LogP contribution in [0.1, 0.15) is 11.7 Å². The molecule has 1 aromatic rings. The highest BCUT2D eigenvalue weighted by Crippen LogP contribution is 2.30. The summed E-state index contributed by atoms with van der Waals surface area (Å²) in [6.45, 7) is 0.717. The maximum Gasteiger partial charge on any atom is 0.498 e. The lowest BCUT2D eigenvalue weighted by molar-refractivity contribution is 0.0494. The molecule has 0 bridgehead atoms. The zero-order valence-corrected chi connectivity index (χ0v) is 10.4. The molecule has 2 heterocycles. The Bertz CT molecular complexity index is 447. The molecule has 0 radical (unpaired) electrons. The number of hydrogen-bond acceptors (Lipinski definition) is 5. The van der Waals surface area contributed by atoms with E-state index in [4.69, 9.17) is 25.8 Å².